The first kappa shape index (κ1) is 16.3. The van der Waals surface area contributed by atoms with Gasteiger partial charge in [0.15, 0.2) is 17.4 Å². The Labute approximate surface area is 126 Å². The predicted molar refractivity (Wildman–Crippen MR) is 81.8 cm³/mol. The summed E-state index contributed by atoms with van der Waals surface area (Å²) in [6.07, 6.45) is 9.66. The summed E-state index contributed by atoms with van der Waals surface area (Å²) >= 11 is 0. The topological polar surface area (TPSA) is 9.23 Å². The molecular weight excluding hydrogens is 270 g/mol. The van der Waals surface area contributed by atoms with Gasteiger partial charge in [-0.2, -0.15) is 0 Å². The molecule has 0 radical (unpaired) electrons. The zero-order valence-corrected chi connectivity index (χ0v) is 13.1. The van der Waals surface area contributed by atoms with Crippen LogP contribution < -0.4 is 4.74 Å². The van der Waals surface area contributed by atoms with Crippen LogP contribution >= 0.6 is 0 Å². The van der Waals surface area contributed by atoms with E-state index >= 15 is 0 Å². The van der Waals surface area contributed by atoms with Crippen molar-refractivity contribution in [3.8, 4) is 5.75 Å². The molecule has 0 aromatic heterocycles. The zero-order chi connectivity index (χ0) is 15.2. The van der Waals surface area contributed by atoms with E-state index in [0.29, 0.717) is 5.92 Å². The van der Waals surface area contributed by atoms with E-state index in [2.05, 4.69) is 6.92 Å². The fourth-order valence-electron chi connectivity index (χ4n) is 3.48. The molecular formula is C18H26F2O. The van der Waals surface area contributed by atoms with Gasteiger partial charge < -0.3 is 4.74 Å². The van der Waals surface area contributed by atoms with Crippen LogP contribution in [0.2, 0.25) is 0 Å². The number of hydrogen-bond donors (Lipinski definition) is 0. The lowest BCUT2D eigenvalue weighted by Gasteiger charge is -2.29. The largest absolute Gasteiger partial charge is 0.491 e. The van der Waals surface area contributed by atoms with Crippen LogP contribution in [0.4, 0.5) is 8.78 Å². The van der Waals surface area contributed by atoms with Gasteiger partial charge in [-0.3, -0.25) is 0 Å². The molecule has 1 aromatic rings. The lowest BCUT2D eigenvalue weighted by molar-refractivity contribution is 0.301. The van der Waals surface area contributed by atoms with E-state index in [-0.39, 0.29) is 5.75 Å². The molecule has 0 aliphatic heterocycles. The molecule has 1 aliphatic rings. The summed E-state index contributed by atoms with van der Waals surface area (Å²) in [5.74, 6) is -0.342. The van der Waals surface area contributed by atoms with E-state index in [1.165, 1.54) is 57.8 Å². The Balaban J connectivity index is 1.93. The Bertz CT molecular complexity index is 428. The highest BCUT2D eigenvalue weighted by molar-refractivity contribution is 5.33. The molecule has 1 aromatic carbocycles. The van der Waals surface area contributed by atoms with Crippen LogP contribution in [-0.2, 0) is 0 Å². The highest BCUT2D eigenvalue weighted by atomic mass is 19.1. The third kappa shape index (κ3) is 4.18. The van der Waals surface area contributed by atoms with Crippen molar-refractivity contribution in [2.24, 2.45) is 5.92 Å². The standard InChI is InChI=1S/C18H26F2O/c1-3-4-5-6-13-7-9-14(10-8-13)15-11-16(19)18(21-2)17(20)12-15/h11-14H,3-10H2,1-2H3. The fourth-order valence-corrected chi connectivity index (χ4v) is 3.48. The first-order valence-electron chi connectivity index (χ1n) is 8.18. The maximum Gasteiger partial charge on any atom is 0.190 e. The molecule has 0 heterocycles. The van der Waals surface area contributed by atoms with Gasteiger partial charge in [-0.25, -0.2) is 8.78 Å². The molecule has 0 atom stereocenters. The summed E-state index contributed by atoms with van der Waals surface area (Å²) in [6, 6.07) is 2.90. The van der Waals surface area contributed by atoms with Gasteiger partial charge in [0.05, 0.1) is 7.11 Å². The molecule has 1 aliphatic carbocycles. The number of hydrogen-bond acceptors (Lipinski definition) is 1. The third-order valence-corrected chi connectivity index (χ3v) is 4.76. The van der Waals surface area contributed by atoms with E-state index < -0.39 is 11.6 Å². The highest BCUT2D eigenvalue weighted by Crippen LogP contribution is 2.39. The third-order valence-electron chi connectivity index (χ3n) is 4.76. The monoisotopic (exact) mass is 296 g/mol. The first-order chi connectivity index (χ1) is 10.2. The van der Waals surface area contributed by atoms with Crippen LogP contribution in [0.3, 0.4) is 0 Å². The zero-order valence-electron chi connectivity index (χ0n) is 13.1. The van der Waals surface area contributed by atoms with Crippen molar-refractivity contribution in [1.29, 1.82) is 0 Å². The molecule has 1 nitrogen and oxygen atoms in total. The quantitative estimate of drug-likeness (QED) is 0.600. The lowest BCUT2D eigenvalue weighted by Crippen LogP contribution is -2.14. The summed E-state index contributed by atoms with van der Waals surface area (Å²) in [4.78, 5) is 0. The normalized spacial score (nSPS) is 22.3. The van der Waals surface area contributed by atoms with E-state index in [4.69, 9.17) is 4.74 Å². The average molecular weight is 296 g/mol. The van der Waals surface area contributed by atoms with Crippen molar-refractivity contribution in [2.75, 3.05) is 7.11 Å². The van der Waals surface area contributed by atoms with E-state index in [9.17, 15) is 8.78 Å². The Hall–Kier alpha value is -1.12. The molecule has 118 valence electrons. The molecule has 2 rings (SSSR count). The van der Waals surface area contributed by atoms with Crippen LogP contribution in [0.1, 0.15) is 69.8 Å². The number of benzene rings is 1. The molecule has 21 heavy (non-hydrogen) atoms. The van der Waals surface area contributed by atoms with Crippen molar-refractivity contribution in [1.82, 2.24) is 0 Å². The Morgan fingerprint density at radius 2 is 1.67 bits per heavy atom. The van der Waals surface area contributed by atoms with E-state index in [1.807, 2.05) is 0 Å². The van der Waals surface area contributed by atoms with Crippen molar-refractivity contribution in [3.63, 3.8) is 0 Å². The van der Waals surface area contributed by atoms with Gasteiger partial charge in [-0.15, -0.1) is 0 Å². The molecule has 0 amide bonds. The van der Waals surface area contributed by atoms with Gasteiger partial charge in [0.25, 0.3) is 0 Å². The van der Waals surface area contributed by atoms with Crippen molar-refractivity contribution in [3.05, 3.63) is 29.3 Å². The minimum Gasteiger partial charge on any atom is -0.491 e. The van der Waals surface area contributed by atoms with Gasteiger partial charge in [0.2, 0.25) is 0 Å². The van der Waals surface area contributed by atoms with Gasteiger partial charge in [0, 0.05) is 0 Å². The summed E-state index contributed by atoms with van der Waals surface area (Å²) < 4.78 is 32.3. The fraction of sp³-hybridized carbons (Fsp3) is 0.667. The number of rotatable bonds is 6. The maximum absolute atomic E-state index is 13.8. The van der Waals surface area contributed by atoms with Gasteiger partial charge >= 0.3 is 0 Å². The maximum atomic E-state index is 13.8. The minimum absolute atomic E-state index is 0.271. The second kappa shape index (κ2) is 7.77. The van der Waals surface area contributed by atoms with E-state index in [0.717, 1.165) is 24.3 Å². The smallest absolute Gasteiger partial charge is 0.190 e. The number of ether oxygens (including phenoxy) is 1. The van der Waals surface area contributed by atoms with Gasteiger partial charge in [-0.1, -0.05) is 32.6 Å². The second-order valence-corrected chi connectivity index (χ2v) is 6.23. The summed E-state index contributed by atoms with van der Waals surface area (Å²) in [7, 11) is 1.29. The molecule has 0 saturated heterocycles. The van der Waals surface area contributed by atoms with Crippen molar-refractivity contribution >= 4 is 0 Å². The molecule has 3 heteroatoms. The molecule has 0 spiro atoms. The first-order valence-corrected chi connectivity index (χ1v) is 8.18. The van der Waals surface area contributed by atoms with E-state index in [1.54, 1.807) is 0 Å². The van der Waals surface area contributed by atoms with Crippen molar-refractivity contribution < 1.29 is 13.5 Å². The summed E-state index contributed by atoms with van der Waals surface area (Å²) in [6.45, 7) is 2.23. The number of methoxy groups -OCH3 is 1. The van der Waals surface area contributed by atoms with Crippen LogP contribution in [-0.4, -0.2) is 7.11 Å². The Morgan fingerprint density at radius 3 is 2.19 bits per heavy atom. The molecule has 0 unspecified atom stereocenters. The molecule has 0 bridgehead atoms. The molecule has 1 saturated carbocycles. The molecule has 0 N–H and O–H groups in total. The summed E-state index contributed by atoms with van der Waals surface area (Å²) in [5.41, 5.74) is 0.790. The molecule has 1 fully saturated rings. The second-order valence-electron chi connectivity index (χ2n) is 6.23. The average Bonchev–Trinajstić information content (AvgIpc) is 2.48. The van der Waals surface area contributed by atoms with Crippen LogP contribution in [0.15, 0.2) is 12.1 Å². The Kier molecular flexibility index (Phi) is 6.01. The minimum atomic E-state index is -0.586. The summed E-state index contributed by atoms with van der Waals surface area (Å²) in [5, 5.41) is 0. The predicted octanol–water partition coefficient (Wildman–Crippen LogP) is 5.83. The van der Waals surface area contributed by atoms with Crippen LogP contribution in [0, 0.1) is 17.6 Å². The van der Waals surface area contributed by atoms with Crippen LogP contribution in [0.5, 0.6) is 5.75 Å². The van der Waals surface area contributed by atoms with Crippen molar-refractivity contribution in [2.45, 2.75) is 64.2 Å². The van der Waals surface area contributed by atoms with Gasteiger partial charge in [-0.05, 0) is 55.2 Å². The highest BCUT2D eigenvalue weighted by Gasteiger charge is 2.24. The van der Waals surface area contributed by atoms with Crippen LogP contribution in [0.25, 0.3) is 0 Å². The number of halogens is 2. The Morgan fingerprint density at radius 1 is 1.05 bits per heavy atom. The number of unbranched alkanes of at least 4 members (excludes halogenated alkanes) is 2. The lowest BCUT2D eigenvalue weighted by atomic mass is 9.77. The van der Waals surface area contributed by atoms with Gasteiger partial charge in [0.1, 0.15) is 0 Å². The SMILES string of the molecule is CCCCCC1CCC(c2cc(F)c(OC)c(F)c2)CC1.